The van der Waals surface area contributed by atoms with Crippen LogP contribution in [-0.2, 0) is 17.6 Å². The Morgan fingerprint density at radius 1 is 0.963 bits per heavy atom. The number of nitrogens with one attached hydrogen (secondary N) is 1. The van der Waals surface area contributed by atoms with Gasteiger partial charge < -0.3 is 14.8 Å². The Kier molecular flexibility index (Phi) is 7.76. The van der Waals surface area contributed by atoms with E-state index in [4.69, 9.17) is 9.47 Å². The van der Waals surface area contributed by atoms with Crippen LogP contribution < -0.4 is 10.1 Å². The Hall–Kier alpha value is -2.93. The second kappa shape index (κ2) is 10.3. The molecule has 0 heterocycles. The van der Waals surface area contributed by atoms with Crippen molar-refractivity contribution in [3.63, 3.8) is 0 Å². The van der Waals surface area contributed by atoms with E-state index in [1.807, 2.05) is 63.2 Å². The molecule has 2 rings (SSSR count). The Morgan fingerprint density at radius 2 is 1.63 bits per heavy atom. The molecule has 27 heavy (non-hydrogen) atoms. The van der Waals surface area contributed by atoms with Gasteiger partial charge in [0.2, 0.25) is 0 Å². The number of carbonyl (C=O) groups is 1. The standard InChI is InChI=1S/C23H27NO3/c1-23(2,3)27-22(25)24-16-17-26-21-15-9-14-20(18-21)13-8-7-12-19-10-5-4-6-11-19/h4-6,9-11,14-15,18H,12-13,16-17H2,1-3H3,(H,24,25). The van der Waals surface area contributed by atoms with Gasteiger partial charge in [0, 0.05) is 12.8 Å². The minimum Gasteiger partial charge on any atom is -0.492 e. The van der Waals surface area contributed by atoms with Crippen LogP contribution in [0.3, 0.4) is 0 Å². The van der Waals surface area contributed by atoms with E-state index in [1.54, 1.807) is 0 Å². The van der Waals surface area contributed by atoms with Crippen LogP contribution in [0.15, 0.2) is 54.6 Å². The SMILES string of the molecule is CC(C)(C)OC(=O)NCCOc1cccc(CC#CCc2ccccc2)c1. The van der Waals surface area contributed by atoms with Gasteiger partial charge in [-0.05, 0) is 44.0 Å². The van der Waals surface area contributed by atoms with Crippen molar-refractivity contribution in [2.24, 2.45) is 0 Å². The molecule has 4 heteroatoms. The summed E-state index contributed by atoms with van der Waals surface area (Å²) in [6, 6.07) is 18.1. The molecular weight excluding hydrogens is 338 g/mol. The molecule has 2 aromatic carbocycles. The number of ether oxygens (including phenoxy) is 2. The molecular formula is C23H27NO3. The van der Waals surface area contributed by atoms with Crippen LogP contribution in [0, 0.1) is 11.8 Å². The van der Waals surface area contributed by atoms with Crippen molar-refractivity contribution in [1.29, 1.82) is 0 Å². The van der Waals surface area contributed by atoms with Gasteiger partial charge in [-0.1, -0.05) is 54.3 Å². The van der Waals surface area contributed by atoms with Gasteiger partial charge in [0.25, 0.3) is 0 Å². The first-order chi connectivity index (χ1) is 12.9. The molecule has 0 fully saturated rings. The van der Waals surface area contributed by atoms with E-state index in [2.05, 4.69) is 29.3 Å². The van der Waals surface area contributed by atoms with Crippen molar-refractivity contribution in [3.05, 3.63) is 65.7 Å². The van der Waals surface area contributed by atoms with Gasteiger partial charge in [-0.2, -0.15) is 0 Å². The van der Waals surface area contributed by atoms with Crippen LogP contribution in [0.4, 0.5) is 4.79 Å². The van der Waals surface area contributed by atoms with Crippen molar-refractivity contribution < 1.29 is 14.3 Å². The summed E-state index contributed by atoms with van der Waals surface area (Å²) < 4.78 is 10.9. The Bertz CT molecular complexity index is 783. The zero-order valence-corrected chi connectivity index (χ0v) is 16.2. The summed E-state index contributed by atoms with van der Waals surface area (Å²) >= 11 is 0. The highest BCUT2D eigenvalue weighted by Gasteiger charge is 2.15. The van der Waals surface area contributed by atoms with Crippen molar-refractivity contribution in [2.45, 2.75) is 39.2 Å². The predicted octanol–water partition coefficient (Wildman–Crippen LogP) is 4.38. The Balaban J connectivity index is 1.73. The minimum atomic E-state index is -0.499. The van der Waals surface area contributed by atoms with Crippen LogP contribution in [0.25, 0.3) is 0 Å². The molecule has 0 bridgehead atoms. The van der Waals surface area contributed by atoms with Crippen molar-refractivity contribution in [3.8, 4) is 17.6 Å². The van der Waals surface area contributed by atoms with Crippen LogP contribution in [0.2, 0.25) is 0 Å². The van der Waals surface area contributed by atoms with Crippen LogP contribution in [0.5, 0.6) is 5.75 Å². The van der Waals surface area contributed by atoms with Gasteiger partial charge in [0.1, 0.15) is 18.0 Å². The molecule has 142 valence electrons. The van der Waals surface area contributed by atoms with Gasteiger partial charge in [-0.15, -0.1) is 0 Å². The van der Waals surface area contributed by atoms with Gasteiger partial charge in [0.15, 0.2) is 0 Å². The summed E-state index contributed by atoms with van der Waals surface area (Å²) in [4.78, 5) is 11.6. The molecule has 1 N–H and O–H groups in total. The smallest absolute Gasteiger partial charge is 0.407 e. The first kappa shape index (κ1) is 20.4. The molecule has 0 aliphatic rings. The van der Waals surface area contributed by atoms with Gasteiger partial charge in [-0.25, -0.2) is 4.79 Å². The third-order valence-corrected chi connectivity index (χ3v) is 3.49. The zero-order chi connectivity index (χ0) is 19.5. The highest BCUT2D eigenvalue weighted by molar-refractivity contribution is 5.67. The number of benzene rings is 2. The third-order valence-electron chi connectivity index (χ3n) is 3.49. The summed E-state index contributed by atoms with van der Waals surface area (Å²) in [6.07, 6.45) is 1.00. The average Bonchev–Trinajstić information content (AvgIpc) is 2.62. The highest BCUT2D eigenvalue weighted by atomic mass is 16.6. The fraction of sp³-hybridized carbons (Fsp3) is 0.348. The molecule has 0 aliphatic carbocycles. The number of amides is 1. The van der Waals surface area contributed by atoms with Crippen molar-refractivity contribution >= 4 is 6.09 Å². The quantitative estimate of drug-likeness (QED) is 0.610. The number of hydrogen-bond acceptors (Lipinski definition) is 3. The summed E-state index contributed by atoms with van der Waals surface area (Å²) in [6.45, 7) is 6.25. The van der Waals surface area contributed by atoms with E-state index in [9.17, 15) is 4.79 Å². The zero-order valence-electron chi connectivity index (χ0n) is 16.2. The van der Waals surface area contributed by atoms with E-state index in [0.717, 1.165) is 17.7 Å². The summed E-state index contributed by atoms with van der Waals surface area (Å²) in [5.41, 5.74) is 1.83. The maximum Gasteiger partial charge on any atom is 0.407 e. The summed E-state index contributed by atoms with van der Waals surface area (Å²) in [5, 5.41) is 2.67. The molecule has 0 spiro atoms. The first-order valence-corrected chi connectivity index (χ1v) is 9.10. The average molecular weight is 365 g/mol. The van der Waals surface area contributed by atoms with E-state index in [-0.39, 0.29) is 0 Å². The lowest BCUT2D eigenvalue weighted by Crippen LogP contribution is -2.34. The first-order valence-electron chi connectivity index (χ1n) is 9.10. The van der Waals surface area contributed by atoms with Crippen LogP contribution in [-0.4, -0.2) is 24.8 Å². The number of rotatable bonds is 6. The van der Waals surface area contributed by atoms with Gasteiger partial charge in [0.05, 0.1) is 6.54 Å². The molecule has 0 atom stereocenters. The normalized spacial score (nSPS) is 10.5. The largest absolute Gasteiger partial charge is 0.492 e. The lowest BCUT2D eigenvalue weighted by Gasteiger charge is -2.19. The molecule has 4 nitrogen and oxygen atoms in total. The van der Waals surface area contributed by atoms with E-state index in [0.29, 0.717) is 19.6 Å². The maximum atomic E-state index is 11.6. The van der Waals surface area contributed by atoms with Gasteiger partial charge >= 0.3 is 6.09 Å². The molecule has 0 aliphatic heterocycles. The second-order valence-electron chi connectivity index (χ2n) is 7.12. The molecule has 0 aromatic heterocycles. The lowest BCUT2D eigenvalue weighted by atomic mass is 10.1. The summed E-state index contributed by atoms with van der Waals surface area (Å²) in [5.74, 6) is 7.17. The van der Waals surface area contributed by atoms with Gasteiger partial charge in [-0.3, -0.25) is 0 Å². The van der Waals surface area contributed by atoms with Crippen LogP contribution in [0.1, 0.15) is 31.9 Å². The Labute approximate surface area is 161 Å². The predicted molar refractivity (Wildman–Crippen MR) is 108 cm³/mol. The molecule has 0 radical (unpaired) electrons. The molecule has 1 amide bonds. The third kappa shape index (κ3) is 8.82. The molecule has 2 aromatic rings. The van der Waals surface area contributed by atoms with E-state index in [1.165, 1.54) is 5.56 Å². The fourth-order valence-electron chi connectivity index (χ4n) is 2.31. The second-order valence-corrected chi connectivity index (χ2v) is 7.12. The van der Waals surface area contributed by atoms with Crippen molar-refractivity contribution in [1.82, 2.24) is 5.32 Å². The lowest BCUT2D eigenvalue weighted by molar-refractivity contribution is 0.0520. The number of hydrogen-bond donors (Lipinski definition) is 1. The topological polar surface area (TPSA) is 47.6 Å². The minimum absolute atomic E-state index is 0.377. The molecule has 0 saturated carbocycles. The molecule has 0 unspecified atom stereocenters. The Morgan fingerprint density at radius 3 is 2.33 bits per heavy atom. The fourth-order valence-corrected chi connectivity index (χ4v) is 2.31. The highest BCUT2D eigenvalue weighted by Crippen LogP contribution is 2.13. The monoisotopic (exact) mass is 365 g/mol. The summed E-state index contributed by atoms with van der Waals surface area (Å²) in [7, 11) is 0. The van der Waals surface area contributed by atoms with Crippen molar-refractivity contribution in [2.75, 3.05) is 13.2 Å². The number of carbonyl (C=O) groups excluding carboxylic acids is 1. The van der Waals surface area contributed by atoms with E-state index >= 15 is 0 Å². The van der Waals surface area contributed by atoms with Crippen LogP contribution >= 0.6 is 0 Å². The van der Waals surface area contributed by atoms with E-state index < -0.39 is 11.7 Å². The maximum absolute atomic E-state index is 11.6. The number of alkyl carbamates (subject to hydrolysis) is 1. The molecule has 0 saturated heterocycles.